The van der Waals surface area contributed by atoms with Gasteiger partial charge in [0.15, 0.2) is 6.61 Å². The largest absolute Gasteiger partial charge is 0.495 e. The zero-order chi connectivity index (χ0) is 22.4. The Labute approximate surface area is 185 Å². The molecule has 1 aliphatic rings. The minimum atomic E-state index is -0.634. The highest BCUT2D eigenvalue weighted by atomic mass is 35.5. The van der Waals surface area contributed by atoms with Crippen LogP contribution in [0, 0.1) is 0 Å². The van der Waals surface area contributed by atoms with Gasteiger partial charge in [0.05, 0.1) is 30.5 Å². The quantitative estimate of drug-likeness (QED) is 0.625. The zero-order valence-corrected chi connectivity index (χ0v) is 18.0. The Hall–Kier alpha value is -3.26. The number of halogens is 1. The summed E-state index contributed by atoms with van der Waals surface area (Å²) in [5.74, 6) is -0.364. The van der Waals surface area contributed by atoms with Gasteiger partial charge in [0, 0.05) is 31.6 Å². The fourth-order valence-electron chi connectivity index (χ4n) is 3.25. The van der Waals surface area contributed by atoms with E-state index in [1.54, 1.807) is 23.1 Å². The van der Waals surface area contributed by atoms with Crippen molar-refractivity contribution in [2.75, 3.05) is 32.7 Å². The van der Waals surface area contributed by atoms with Gasteiger partial charge in [0.25, 0.3) is 5.91 Å². The van der Waals surface area contributed by atoms with Gasteiger partial charge >= 0.3 is 5.97 Å². The molecule has 1 aliphatic heterocycles. The monoisotopic (exact) mass is 446 g/mol. The van der Waals surface area contributed by atoms with Gasteiger partial charge in [-0.2, -0.15) is 0 Å². The Bertz CT molecular complexity index is 994. The summed E-state index contributed by atoms with van der Waals surface area (Å²) in [4.78, 5) is 38.2. The first-order valence-corrected chi connectivity index (χ1v) is 10.0. The number of carbonyl (C=O) groups is 3. The molecule has 1 fully saturated rings. The van der Waals surface area contributed by atoms with Crippen LogP contribution < -0.4 is 14.8 Å². The molecule has 0 bridgehead atoms. The van der Waals surface area contributed by atoms with Crippen molar-refractivity contribution in [2.24, 2.45) is 0 Å². The Balaban J connectivity index is 1.59. The minimum Gasteiger partial charge on any atom is -0.495 e. The van der Waals surface area contributed by atoms with Crippen LogP contribution in [0.3, 0.4) is 0 Å². The number of rotatable bonds is 8. The molecule has 2 amide bonds. The Kier molecular flexibility index (Phi) is 7.36. The molecule has 2 aromatic rings. The number of hydrogen-bond donors (Lipinski definition) is 1. The lowest BCUT2D eigenvalue weighted by Gasteiger charge is -2.16. The Morgan fingerprint density at radius 1 is 1.13 bits per heavy atom. The first-order chi connectivity index (χ1) is 14.9. The van der Waals surface area contributed by atoms with E-state index in [0.29, 0.717) is 47.3 Å². The van der Waals surface area contributed by atoms with Crippen LogP contribution in [-0.2, 0) is 20.9 Å². The fraction of sp³-hybridized carbons (Fsp3) is 0.318. The fourth-order valence-corrected chi connectivity index (χ4v) is 3.48. The Morgan fingerprint density at radius 3 is 2.58 bits per heavy atom. The van der Waals surface area contributed by atoms with Crippen molar-refractivity contribution in [3.05, 3.63) is 52.5 Å². The van der Waals surface area contributed by atoms with Crippen LogP contribution in [0.15, 0.2) is 36.4 Å². The van der Waals surface area contributed by atoms with Crippen LogP contribution >= 0.6 is 11.6 Å². The second-order valence-corrected chi connectivity index (χ2v) is 7.34. The van der Waals surface area contributed by atoms with Crippen molar-refractivity contribution in [3.63, 3.8) is 0 Å². The molecule has 2 aromatic carbocycles. The lowest BCUT2D eigenvalue weighted by Crippen LogP contribution is -2.24. The van der Waals surface area contributed by atoms with Crippen LogP contribution in [0.1, 0.15) is 28.8 Å². The van der Waals surface area contributed by atoms with Crippen LogP contribution in [0.2, 0.25) is 5.02 Å². The van der Waals surface area contributed by atoms with Gasteiger partial charge in [0.2, 0.25) is 5.91 Å². The van der Waals surface area contributed by atoms with Gasteiger partial charge in [-0.05, 0) is 24.1 Å². The van der Waals surface area contributed by atoms with Crippen molar-refractivity contribution in [2.45, 2.75) is 19.4 Å². The molecule has 0 spiro atoms. The molecule has 31 heavy (non-hydrogen) atoms. The van der Waals surface area contributed by atoms with Gasteiger partial charge < -0.3 is 24.4 Å². The molecule has 3 rings (SSSR count). The molecule has 8 nitrogen and oxygen atoms in total. The highest BCUT2D eigenvalue weighted by Crippen LogP contribution is 2.35. The third-order valence-corrected chi connectivity index (χ3v) is 5.09. The van der Waals surface area contributed by atoms with E-state index in [0.717, 1.165) is 12.0 Å². The van der Waals surface area contributed by atoms with E-state index in [1.165, 1.54) is 26.4 Å². The van der Waals surface area contributed by atoms with Crippen molar-refractivity contribution < 1.29 is 28.6 Å². The average Bonchev–Trinajstić information content (AvgIpc) is 3.17. The molecule has 0 aliphatic carbocycles. The molecular formula is C22H23ClN2O6. The highest BCUT2D eigenvalue weighted by Gasteiger charge is 2.20. The summed E-state index contributed by atoms with van der Waals surface area (Å²) in [7, 11) is 2.89. The van der Waals surface area contributed by atoms with Crippen LogP contribution in [0.25, 0.3) is 0 Å². The number of ether oxygens (including phenoxy) is 3. The second kappa shape index (κ2) is 10.2. The summed E-state index contributed by atoms with van der Waals surface area (Å²) in [5, 5.41) is 2.94. The topological polar surface area (TPSA) is 94.2 Å². The molecule has 0 atom stereocenters. The first kappa shape index (κ1) is 22.4. The predicted molar refractivity (Wildman–Crippen MR) is 115 cm³/mol. The number of carbonyl (C=O) groups excluding carboxylic acids is 3. The minimum absolute atomic E-state index is 0.110. The average molecular weight is 447 g/mol. The van der Waals surface area contributed by atoms with E-state index < -0.39 is 18.5 Å². The van der Waals surface area contributed by atoms with E-state index in [9.17, 15) is 14.4 Å². The molecule has 0 aromatic heterocycles. The maximum absolute atomic E-state index is 12.4. The van der Waals surface area contributed by atoms with E-state index in [4.69, 9.17) is 25.8 Å². The van der Waals surface area contributed by atoms with E-state index in [1.807, 2.05) is 6.07 Å². The summed E-state index contributed by atoms with van der Waals surface area (Å²) in [6.45, 7) is 0.674. The molecule has 1 N–H and O–H groups in total. The van der Waals surface area contributed by atoms with Crippen LogP contribution in [0.5, 0.6) is 11.5 Å². The third kappa shape index (κ3) is 5.67. The number of hydrogen-bond acceptors (Lipinski definition) is 6. The van der Waals surface area contributed by atoms with Gasteiger partial charge in [-0.25, -0.2) is 4.79 Å². The normalized spacial score (nSPS) is 13.1. The zero-order valence-electron chi connectivity index (χ0n) is 17.3. The van der Waals surface area contributed by atoms with Crippen molar-refractivity contribution in [1.29, 1.82) is 0 Å². The lowest BCUT2D eigenvalue weighted by atomic mass is 10.1. The third-order valence-electron chi connectivity index (χ3n) is 4.79. The summed E-state index contributed by atoms with van der Waals surface area (Å²) < 4.78 is 15.5. The number of methoxy groups -OCH3 is 2. The number of nitrogens with zero attached hydrogens (tertiary/aromatic N) is 1. The summed E-state index contributed by atoms with van der Waals surface area (Å²) in [6.07, 6.45) is 1.40. The van der Waals surface area contributed by atoms with E-state index in [-0.39, 0.29) is 5.91 Å². The molecule has 1 heterocycles. The molecular weight excluding hydrogens is 424 g/mol. The summed E-state index contributed by atoms with van der Waals surface area (Å²) in [5.41, 5.74) is 1.47. The predicted octanol–water partition coefficient (Wildman–Crippen LogP) is 3.28. The van der Waals surface area contributed by atoms with Gasteiger partial charge in [-0.1, -0.05) is 23.7 Å². The van der Waals surface area contributed by atoms with Crippen LogP contribution in [-0.4, -0.2) is 50.1 Å². The van der Waals surface area contributed by atoms with Gasteiger partial charge in [0.1, 0.15) is 11.5 Å². The second-order valence-electron chi connectivity index (χ2n) is 6.93. The van der Waals surface area contributed by atoms with Crippen LogP contribution in [0.4, 0.5) is 5.69 Å². The Morgan fingerprint density at radius 2 is 1.90 bits per heavy atom. The van der Waals surface area contributed by atoms with E-state index in [2.05, 4.69) is 5.32 Å². The molecule has 1 saturated heterocycles. The van der Waals surface area contributed by atoms with E-state index >= 15 is 0 Å². The SMILES string of the molecule is COc1cc(NC(=O)COC(=O)c2cccc(CN3CCCC3=O)c2)c(OC)cc1Cl. The number of anilines is 1. The van der Waals surface area contributed by atoms with Crippen molar-refractivity contribution >= 4 is 35.1 Å². The maximum atomic E-state index is 12.4. The summed E-state index contributed by atoms with van der Waals surface area (Å²) in [6, 6.07) is 9.86. The standard InChI is InChI=1S/C22H23ClN2O6/c1-29-18-11-17(19(30-2)10-16(18)23)24-20(26)13-31-22(28)15-6-3-5-14(9-15)12-25-8-4-7-21(25)27/h3,5-6,9-11H,4,7-8,12-13H2,1-2H3,(H,24,26). The molecule has 9 heteroatoms. The number of esters is 1. The number of amides is 2. The van der Waals surface area contributed by atoms with Crippen molar-refractivity contribution in [1.82, 2.24) is 4.90 Å². The number of nitrogens with one attached hydrogen (secondary N) is 1. The molecule has 164 valence electrons. The van der Waals surface area contributed by atoms with Gasteiger partial charge in [-0.3, -0.25) is 9.59 Å². The molecule has 0 unspecified atom stereocenters. The smallest absolute Gasteiger partial charge is 0.338 e. The molecule has 0 radical (unpaired) electrons. The van der Waals surface area contributed by atoms with Gasteiger partial charge in [-0.15, -0.1) is 0 Å². The number of benzene rings is 2. The maximum Gasteiger partial charge on any atom is 0.338 e. The first-order valence-electron chi connectivity index (χ1n) is 9.66. The lowest BCUT2D eigenvalue weighted by molar-refractivity contribution is -0.128. The highest BCUT2D eigenvalue weighted by molar-refractivity contribution is 6.32. The molecule has 0 saturated carbocycles. The summed E-state index contributed by atoms with van der Waals surface area (Å²) >= 11 is 6.05. The van der Waals surface area contributed by atoms with Crippen molar-refractivity contribution in [3.8, 4) is 11.5 Å². The number of likely N-dealkylation sites (tertiary alicyclic amines) is 1.